The van der Waals surface area contributed by atoms with E-state index in [-0.39, 0.29) is 6.04 Å². The lowest BCUT2D eigenvalue weighted by Crippen LogP contribution is -2.18. The quantitative estimate of drug-likeness (QED) is 0.815. The molecule has 0 fully saturated rings. The summed E-state index contributed by atoms with van der Waals surface area (Å²) in [6.07, 6.45) is 2.60. The molecule has 1 atom stereocenters. The van der Waals surface area contributed by atoms with Crippen molar-refractivity contribution in [2.75, 3.05) is 0 Å². The van der Waals surface area contributed by atoms with Gasteiger partial charge in [-0.1, -0.05) is 0 Å². The molecule has 0 aliphatic rings. The van der Waals surface area contributed by atoms with Crippen LogP contribution in [0.4, 0.5) is 0 Å². The van der Waals surface area contributed by atoms with Crippen molar-refractivity contribution in [2.24, 2.45) is 5.73 Å². The lowest BCUT2D eigenvalue weighted by Gasteiger charge is -2.04. The van der Waals surface area contributed by atoms with E-state index in [0.29, 0.717) is 0 Å². The lowest BCUT2D eigenvalue weighted by atomic mass is 10.2. The maximum absolute atomic E-state index is 5.63. The van der Waals surface area contributed by atoms with Crippen LogP contribution >= 0.6 is 15.9 Å². The second-order valence-corrected chi connectivity index (χ2v) is 3.47. The van der Waals surface area contributed by atoms with Gasteiger partial charge in [-0.3, -0.25) is 4.98 Å². The van der Waals surface area contributed by atoms with E-state index in [0.717, 1.165) is 16.6 Å². The van der Waals surface area contributed by atoms with Gasteiger partial charge in [0.05, 0.1) is 5.69 Å². The van der Waals surface area contributed by atoms with E-state index in [1.54, 1.807) is 6.20 Å². The van der Waals surface area contributed by atoms with Gasteiger partial charge < -0.3 is 5.73 Å². The molecule has 11 heavy (non-hydrogen) atoms. The predicted molar refractivity (Wildman–Crippen MR) is 49.3 cm³/mol. The van der Waals surface area contributed by atoms with Gasteiger partial charge in [-0.15, -0.1) is 0 Å². The Hall–Kier alpha value is -0.410. The lowest BCUT2D eigenvalue weighted by molar-refractivity contribution is 0.719. The zero-order valence-electron chi connectivity index (χ0n) is 6.42. The first-order valence-electron chi connectivity index (χ1n) is 3.55. The van der Waals surface area contributed by atoms with Crippen molar-refractivity contribution in [1.82, 2.24) is 4.98 Å². The Balaban J connectivity index is 2.78. The third-order valence-electron chi connectivity index (χ3n) is 1.35. The highest BCUT2D eigenvalue weighted by atomic mass is 79.9. The Morgan fingerprint density at radius 3 is 3.00 bits per heavy atom. The smallest absolute Gasteiger partial charge is 0.0560 e. The van der Waals surface area contributed by atoms with Gasteiger partial charge in [0.2, 0.25) is 0 Å². The van der Waals surface area contributed by atoms with E-state index >= 15 is 0 Å². The molecule has 3 heteroatoms. The highest BCUT2D eigenvalue weighted by Crippen LogP contribution is 2.13. The molecule has 1 rings (SSSR count). The summed E-state index contributed by atoms with van der Waals surface area (Å²) in [5, 5.41) is 0. The molecule has 0 aliphatic heterocycles. The van der Waals surface area contributed by atoms with E-state index in [9.17, 15) is 0 Å². The van der Waals surface area contributed by atoms with Crippen molar-refractivity contribution in [3.05, 3.63) is 28.5 Å². The fraction of sp³-hybridized carbons (Fsp3) is 0.375. The van der Waals surface area contributed by atoms with Crippen LogP contribution in [-0.2, 0) is 6.42 Å². The van der Waals surface area contributed by atoms with Gasteiger partial charge in [-0.2, -0.15) is 0 Å². The number of rotatable bonds is 2. The normalized spacial score (nSPS) is 13.0. The molecule has 0 bridgehead atoms. The molecule has 1 aromatic rings. The van der Waals surface area contributed by atoms with Crippen LogP contribution in [0.15, 0.2) is 22.8 Å². The van der Waals surface area contributed by atoms with E-state index in [4.69, 9.17) is 5.73 Å². The number of halogens is 1. The van der Waals surface area contributed by atoms with E-state index in [1.165, 1.54) is 0 Å². The Labute approximate surface area is 75.0 Å². The first kappa shape index (κ1) is 8.68. The van der Waals surface area contributed by atoms with Crippen LogP contribution in [0, 0.1) is 0 Å². The largest absolute Gasteiger partial charge is 0.328 e. The van der Waals surface area contributed by atoms with Gasteiger partial charge in [0.25, 0.3) is 0 Å². The predicted octanol–water partition coefficient (Wildman–Crippen LogP) is 1.73. The molecule has 0 aromatic carbocycles. The molecule has 0 unspecified atom stereocenters. The maximum Gasteiger partial charge on any atom is 0.0560 e. The second kappa shape index (κ2) is 3.83. The zero-order valence-corrected chi connectivity index (χ0v) is 8.01. The molecule has 1 heterocycles. The van der Waals surface area contributed by atoms with Crippen LogP contribution in [-0.4, -0.2) is 11.0 Å². The minimum absolute atomic E-state index is 0.168. The molecule has 0 saturated heterocycles. The SMILES string of the molecule is C[C@H](N)Cc1ncccc1Br. The van der Waals surface area contributed by atoms with Crippen molar-refractivity contribution < 1.29 is 0 Å². The first-order chi connectivity index (χ1) is 5.20. The fourth-order valence-corrected chi connectivity index (χ4v) is 1.29. The Bertz CT molecular complexity index is 235. The number of nitrogens with zero attached hydrogens (tertiary/aromatic N) is 1. The van der Waals surface area contributed by atoms with E-state index < -0.39 is 0 Å². The molecule has 0 amide bonds. The summed E-state index contributed by atoms with van der Waals surface area (Å²) < 4.78 is 1.04. The molecule has 1 aromatic heterocycles. The summed E-state index contributed by atoms with van der Waals surface area (Å²) in [7, 11) is 0. The molecule has 0 saturated carbocycles. The molecule has 2 N–H and O–H groups in total. The highest BCUT2D eigenvalue weighted by Gasteiger charge is 2.01. The zero-order chi connectivity index (χ0) is 8.27. The minimum Gasteiger partial charge on any atom is -0.328 e. The van der Waals surface area contributed by atoms with Crippen LogP contribution in [0.2, 0.25) is 0 Å². The van der Waals surface area contributed by atoms with Crippen molar-refractivity contribution >= 4 is 15.9 Å². The highest BCUT2D eigenvalue weighted by molar-refractivity contribution is 9.10. The van der Waals surface area contributed by atoms with Gasteiger partial charge in [0.1, 0.15) is 0 Å². The number of nitrogens with two attached hydrogens (primary N) is 1. The number of aromatic nitrogens is 1. The summed E-state index contributed by atoms with van der Waals surface area (Å²) in [5.41, 5.74) is 6.66. The van der Waals surface area contributed by atoms with E-state index in [2.05, 4.69) is 20.9 Å². The van der Waals surface area contributed by atoms with Crippen molar-refractivity contribution in [3.63, 3.8) is 0 Å². The number of hydrogen-bond donors (Lipinski definition) is 1. The summed E-state index contributed by atoms with van der Waals surface area (Å²) in [4.78, 5) is 4.19. The van der Waals surface area contributed by atoms with Crippen LogP contribution in [0.1, 0.15) is 12.6 Å². The van der Waals surface area contributed by atoms with Crippen LogP contribution < -0.4 is 5.73 Å². The van der Waals surface area contributed by atoms with Crippen LogP contribution in [0.25, 0.3) is 0 Å². The molecule has 0 spiro atoms. The monoisotopic (exact) mass is 214 g/mol. The molecular formula is C8H11BrN2. The summed E-state index contributed by atoms with van der Waals surface area (Å²) in [6, 6.07) is 4.04. The topological polar surface area (TPSA) is 38.9 Å². The molecule has 60 valence electrons. The number of hydrogen-bond acceptors (Lipinski definition) is 2. The number of pyridine rings is 1. The van der Waals surface area contributed by atoms with Gasteiger partial charge >= 0.3 is 0 Å². The van der Waals surface area contributed by atoms with Crippen molar-refractivity contribution in [1.29, 1.82) is 0 Å². The maximum atomic E-state index is 5.63. The third kappa shape index (κ3) is 2.60. The molecule has 0 radical (unpaired) electrons. The van der Waals surface area contributed by atoms with Gasteiger partial charge in [-0.05, 0) is 35.0 Å². The van der Waals surface area contributed by atoms with Crippen molar-refractivity contribution in [2.45, 2.75) is 19.4 Å². The molecule has 0 aliphatic carbocycles. The van der Waals surface area contributed by atoms with Gasteiger partial charge in [0, 0.05) is 23.1 Å². The van der Waals surface area contributed by atoms with Gasteiger partial charge in [0.15, 0.2) is 0 Å². The standard InChI is InChI=1S/C8H11BrN2/c1-6(10)5-8-7(9)3-2-4-11-8/h2-4,6H,5,10H2,1H3/t6-/m0/s1. The summed E-state index contributed by atoms with van der Waals surface area (Å²) in [5.74, 6) is 0. The summed E-state index contributed by atoms with van der Waals surface area (Å²) >= 11 is 3.41. The van der Waals surface area contributed by atoms with Gasteiger partial charge in [-0.25, -0.2) is 0 Å². The Morgan fingerprint density at radius 2 is 2.45 bits per heavy atom. The third-order valence-corrected chi connectivity index (χ3v) is 2.07. The Kier molecular flexibility index (Phi) is 3.02. The average molecular weight is 215 g/mol. The van der Waals surface area contributed by atoms with E-state index in [1.807, 2.05) is 19.1 Å². The summed E-state index contributed by atoms with van der Waals surface area (Å²) in [6.45, 7) is 1.97. The molecular weight excluding hydrogens is 204 g/mol. The van der Waals surface area contributed by atoms with Crippen LogP contribution in [0.3, 0.4) is 0 Å². The Morgan fingerprint density at radius 1 is 1.73 bits per heavy atom. The second-order valence-electron chi connectivity index (χ2n) is 2.61. The first-order valence-corrected chi connectivity index (χ1v) is 4.34. The fourth-order valence-electron chi connectivity index (χ4n) is 0.874. The average Bonchev–Trinajstić information content (AvgIpc) is 1.93. The molecule has 2 nitrogen and oxygen atoms in total. The minimum atomic E-state index is 0.168. The van der Waals surface area contributed by atoms with Crippen molar-refractivity contribution in [3.8, 4) is 0 Å². The van der Waals surface area contributed by atoms with Crippen LogP contribution in [0.5, 0.6) is 0 Å².